The van der Waals surface area contributed by atoms with Crippen LogP contribution in [-0.4, -0.2) is 36.7 Å². The molecule has 6 heteroatoms. The van der Waals surface area contributed by atoms with Gasteiger partial charge in [-0.3, -0.25) is 4.99 Å². The van der Waals surface area contributed by atoms with Crippen LogP contribution in [0.5, 0.6) is 5.88 Å². The average molecular weight is 355 g/mol. The highest BCUT2D eigenvalue weighted by Crippen LogP contribution is 2.28. The Morgan fingerprint density at radius 2 is 2.00 bits per heavy atom. The lowest BCUT2D eigenvalue weighted by Crippen LogP contribution is -2.26. The Kier molecular flexibility index (Phi) is 5.53. The normalized spacial score (nSPS) is 11.5. The highest BCUT2D eigenvalue weighted by atomic mass is 19.1. The van der Waals surface area contributed by atoms with E-state index in [4.69, 9.17) is 4.74 Å². The summed E-state index contributed by atoms with van der Waals surface area (Å²) in [6, 6.07) is 12.4. The highest BCUT2D eigenvalue weighted by molar-refractivity contribution is 6.02. The first-order valence-corrected chi connectivity index (χ1v) is 8.51. The van der Waals surface area contributed by atoms with Gasteiger partial charge >= 0.3 is 0 Å². The topological polar surface area (TPSA) is 60.9 Å². The van der Waals surface area contributed by atoms with Gasteiger partial charge in [-0.15, -0.1) is 0 Å². The fraction of sp³-hybridized carbons (Fsp3) is 0.250. The molecule has 2 N–H and O–H groups in total. The van der Waals surface area contributed by atoms with Crippen molar-refractivity contribution in [3.05, 3.63) is 53.8 Å². The molecule has 0 atom stereocenters. The van der Waals surface area contributed by atoms with Crippen LogP contribution in [0, 0.1) is 5.82 Å². The number of anilines is 1. The van der Waals surface area contributed by atoms with Crippen molar-refractivity contribution in [3.63, 3.8) is 0 Å². The summed E-state index contributed by atoms with van der Waals surface area (Å²) in [7, 11) is 1.67. The van der Waals surface area contributed by atoms with E-state index in [1.54, 1.807) is 19.2 Å². The number of hydrogen-bond donors (Lipinski definition) is 2. The van der Waals surface area contributed by atoms with Gasteiger partial charge in [0.1, 0.15) is 12.5 Å². The SMILES string of the molecule is CCCN(COC)c1ccc(N=Cc2c(O)[nH]c3cccc(F)c23)cc1. The van der Waals surface area contributed by atoms with Crippen molar-refractivity contribution in [1.29, 1.82) is 0 Å². The molecule has 3 aromatic rings. The first-order chi connectivity index (χ1) is 12.6. The summed E-state index contributed by atoms with van der Waals surface area (Å²) in [6.45, 7) is 3.55. The summed E-state index contributed by atoms with van der Waals surface area (Å²) in [5, 5.41) is 10.4. The number of nitrogens with zero attached hydrogens (tertiary/aromatic N) is 2. The molecule has 1 heterocycles. The monoisotopic (exact) mass is 355 g/mol. The summed E-state index contributed by atoms with van der Waals surface area (Å²) in [6.07, 6.45) is 2.50. The predicted octanol–water partition coefficient (Wildman–Crippen LogP) is 4.58. The molecule has 136 valence electrons. The molecule has 0 unspecified atom stereocenters. The molecule has 26 heavy (non-hydrogen) atoms. The largest absolute Gasteiger partial charge is 0.494 e. The molecular formula is C20H22FN3O2. The van der Waals surface area contributed by atoms with Crippen LogP contribution < -0.4 is 4.90 Å². The van der Waals surface area contributed by atoms with Crippen molar-refractivity contribution < 1.29 is 14.2 Å². The molecule has 0 amide bonds. The molecule has 0 saturated carbocycles. The molecule has 3 rings (SSSR count). The molecule has 0 saturated heterocycles. The van der Waals surface area contributed by atoms with E-state index in [2.05, 4.69) is 21.8 Å². The molecule has 5 nitrogen and oxygen atoms in total. The highest BCUT2D eigenvalue weighted by Gasteiger charge is 2.12. The standard InChI is InChI=1S/C20H22FN3O2/c1-3-11-24(13-26-2)15-9-7-14(8-10-15)22-12-16-19-17(21)5-4-6-18(19)23-20(16)25/h4-10,12,23,25H,3,11,13H2,1-2H3. The maximum absolute atomic E-state index is 14.1. The van der Waals surface area contributed by atoms with Crippen LogP contribution in [0.2, 0.25) is 0 Å². The molecule has 0 bridgehead atoms. The molecule has 1 aromatic heterocycles. The van der Waals surface area contributed by atoms with Crippen LogP contribution in [0.25, 0.3) is 10.9 Å². The smallest absolute Gasteiger partial charge is 0.198 e. The number of rotatable bonds is 7. The zero-order valence-electron chi connectivity index (χ0n) is 14.9. The molecule has 0 aliphatic carbocycles. The van der Waals surface area contributed by atoms with Crippen LogP contribution in [-0.2, 0) is 4.74 Å². The first kappa shape index (κ1) is 17.9. The second kappa shape index (κ2) is 8.01. The molecule has 0 fully saturated rings. The van der Waals surface area contributed by atoms with Crippen LogP contribution in [0.4, 0.5) is 15.8 Å². The van der Waals surface area contributed by atoms with Gasteiger partial charge in [0.15, 0.2) is 5.88 Å². The zero-order chi connectivity index (χ0) is 18.5. The van der Waals surface area contributed by atoms with E-state index < -0.39 is 5.82 Å². The third-order valence-corrected chi connectivity index (χ3v) is 4.13. The lowest BCUT2D eigenvalue weighted by atomic mass is 10.1. The third kappa shape index (κ3) is 3.70. The second-order valence-electron chi connectivity index (χ2n) is 6.01. The quantitative estimate of drug-likeness (QED) is 0.482. The van der Waals surface area contributed by atoms with Crippen molar-refractivity contribution in [2.75, 3.05) is 25.3 Å². The Balaban J connectivity index is 1.84. The van der Waals surface area contributed by atoms with Crippen LogP contribution in [0.1, 0.15) is 18.9 Å². The van der Waals surface area contributed by atoms with Gasteiger partial charge in [0.05, 0.1) is 16.8 Å². The summed E-state index contributed by atoms with van der Waals surface area (Å²) in [5.41, 5.74) is 2.64. The first-order valence-electron chi connectivity index (χ1n) is 8.51. The number of aromatic hydroxyl groups is 1. The molecule has 0 aliphatic rings. The van der Waals surface area contributed by atoms with E-state index in [1.165, 1.54) is 12.3 Å². The Morgan fingerprint density at radius 3 is 2.69 bits per heavy atom. The van der Waals surface area contributed by atoms with Gasteiger partial charge in [0.25, 0.3) is 0 Å². The fourth-order valence-corrected chi connectivity index (χ4v) is 2.92. The van der Waals surface area contributed by atoms with E-state index in [0.29, 0.717) is 28.9 Å². The minimum Gasteiger partial charge on any atom is -0.494 e. The number of ether oxygens (including phenoxy) is 1. The third-order valence-electron chi connectivity index (χ3n) is 4.13. The Morgan fingerprint density at radius 1 is 1.23 bits per heavy atom. The minimum atomic E-state index is -0.398. The van der Waals surface area contributed by atoms with E-state index >= 15 is 0 Å². The lowest BCUT2D eigenvalue weighted by molar-refractivity contribution is 0.197. The minimum absolute atomic E-state index is 0.0975. The fourth-order valence-electron chi connectivity index (χ4n) is 2.92. The predicted molar refractivity (Wildman–Crippen MR) is 103 cm³/mol. The van der Waals surface area contributed by atoms with Gasteiger partial charge in [0, 0.05) is 30.9 Å². The molecular weight excluding hydrogens is 333 g/mol. The van der Waals surface area contributed by atoms with Crippen molar-refractivity contribution in [1.82, 2.24) is 4.98 Å². The average Bonchev–Trinajstić information content (AvgIpc) is 2.97. The summed E-state index contributed by atoms with van der Waals surface area (Å²) >= 11 is 0. The second-order valence-corrected chi connectivity index (χ2v) is 6.01. The molecule has 0 radical (unpaired) electrons. The van der Waals surface area contributed by atoms with Crippen molar-refractivity contribution in [3.8, 4) is 5.88 Å². The number of H-pyrrole nitrogens is 1. The summed E-state index contributed by atoms with van der Waals surface area (Å²) in [4.78, 5) is 9.27. The summed E-state index contributed by atoms with van der Waals surface area (Å²) in [5.74, 6) is -0.495. The number of aromatic nitrogens is 1. The summed E-state index contributed by atoms with van der Waals surface area (Å²) < 4.78 is 19.3. The van der Waals surface area contributed by atoms with Gasteiger partial charge in [-0.2, -0.15) is 0 Å². The zero-order valence-corrected chi connectivity index (χ0v) is 14.9. The van der Waals surface area contributed by atoms with E-state index in [9.17, 15) is 9.50 Å². The Bertz CT molecular complexity index is 897. The number of nitrogens with one attached hydrogen (secondary N) is 1. The van der Waals surface area contributed by atoms with Crippen LogP contribution in [0.3, 0.4) is 0 Å². The molecule has 0 spiro atoms. The molecule has 2 aromatic carbocycles. The van der Waals surface area contributed by atoms with Crippen LogP contribution >= 0.6 is 0 Å². The number of aromatic amines is 1. The van der Waals surface area contributed by atoms with E-state index in [-0.39, 0.29) is 5.88 Å². The van der Waals surface area contributed by atoms with Gasteiger partial charge in [-0.25, -0.2) is 4.39 Å². The van der Waals surface area contributed by atoms with Crippen molar-refractivity contribution >= 4 is 28.5 Å². The van der Waals surface area contributed by atoms with Crippen molar-refractivity contribution in [2.24, 2.45) is 4.99 Å². The van der Waals surface area contributed by atoms with E-state index in [0.717, 1.165) is 18.7 Å². The van der Waals surface area contributed by atoms with Gasteiger partial charge in [0.2, 0.25) is 0 Å². The maximum Gasteiger partial charge on any atom is 0.198 e. The van der Waals surface area contributed by atoms with Crippen LogP contribution in [0.15, 0.2) is 47.5 Å². The Labute approximate surface area is 151 Å². The number of aliphatic imine (C=N–C) groups is 1. The lowest BCUT2D eigenvalue weighted by Gasteiger charge is -2.23. The molecule has 0 aliphatic heterocycles. The number of hydrogen-bond acceptors (Lipinski definition) is 4. The van der Waals surface area contributed by atoms with Gasteiger partial charge < -0.3 is 19.7 Å². The Hall–Kier alpha value is -2.86. The number of fused-ring (bicyclic) bond motifs is 1. The maximum atomic E-state index is 14.1. The number of halogens is 1. The van der Waals surface area contributed by atoms with Gasteiger partial charge in [-0.05, 0) is 42.8 Å². The number of methoxy groups -OCH3 is 1. The number of benzene rings is 2. The van der Waals surface area contributed by atoms with Crippen molar-refractivity contribution in [2.45, 2.75) is 13.3 Å². The van der Waals surface area contributed by atoms with E-state index in [1.807, 2.05) is 24.3 Å². The van der Waals surface area contributed by atoms with Gasteiger partial charge in [-0.1, -0.05) is 13.0 Å².